The van der Waals surface area contributed by atoms with E-state index in [0.717, 1.165) is 0 Å². The average Bonchev–Trinajstić information content (AvgIpc) is 2.23. The fourth-order valence-electron chi connectivity index (χ4n) is 1.37. The molecule has 1 atom stereocenters. The van der Waals surface area contributed by atoms with Gasteiger partial charge in [-0.2, -0.15) is 0 Å². The molecule has 0 aromatic heterocycles. The molecule has 0 unspecified atom stereocenters. The van der Waals surface area contributed by atoms with Gasteiger partial charge >= 0.3 is 5.97 Å². The molecule has 5 heteroatoms. The molecule has 0 spiro atoms. The molecule has 0 saturated heterocycles. The Bertz CT molecular complexity index is 375. The van der Waals surface area contributed by atoms with Crippen molar-refractivity contribution in [2.75, 3.05) is 6.61 Å². The normalized spacial score (nSPS) is 14.7. The summed E-state index contributed by atoms with van der Waals surface area (Å²) in [4.78, 5) is 23.7. The Morgan fingerprint density at radius 1 is 1.05 bits per heavy atom. The topological polar surface area (TPSA) is 52.6 Å². The van der Waals surface area contributed by atoms with Crippen molar-refractivity contribution < 1.29 is 18.8 Å². The van der Waals surface area contributed by atoms with E-state index in [1.807, 2.05) is 0 Å². The molecule has 124 valence electrons. The van der Waals surface area contributed by atoms with Crippen molar-refractivity contribution in [3.8, 4) is 0 Å². The maximum Gasteiger partial charge on any atom is 0.375 e. The highest BCUT2D eigenvalue weighted by Gasteiger charge is 2.37. The smallest absolute Gasteiger partial charge is 0.375 e. The first kappa shape index (κ1) is 20.3. The van der Waals surface area contributed by atoms with Crippen molar-refractivity contribution in [3.63, 3.8) is 0 Å². The molecule has 0 aliphatic rings. The first-order chi connectivity index (χ1) is 9.17. The van der Waals surface area contributed by atoms with Gasteiger partial charge in [-0.1, -0.05) is 27.7 Å². The first-order valence-electron chi connectivity index (χ1n) is 7.58. The number of hydrogen-bond acceptors (Lipinski definition) is 4. The molecule has 0 bridgehead atoms. The lowest BCUT2D eigenvalue weighted by Gasteiger charge is -2.36. The van der Waals surface area contributed by atoms with E-state index in [-0.39, 0.29) is 11.0 Å². The zero-order valence-electron chi connectivity index (χ0n) is 15.1. The third-order valence-electron chi connectivity index (χ3n) is 3.87. The van der Waals surface area contributed by atoms with Crippen molar-refractivity contribution in [1.82, 2.24) is 0 Å². The molecule has 0 saturated carbocycles. The van der Waals surface area contributed by atoms with E-state index in [4.69, 9.17) is 9.16 Å². The molecule has 0 heterocycles. The number of Topliss-reactive ketones (excluding diaryl/α,β-unsaturated/α-hetero) is 1. The van der Waals surface area contributed by atoms with Crippen molar-refractivity contribution in [2.45, 2.75) is 78.6 Å². The van der Waals surface area contributed by atoms with Gasteiger partial charge in [0.15, 0.2) is 8.32 Å². The van der Waals surface area contributed by atoms with Gasteiger partial charge in [0, 0.05) is 12.5 Å². The highest BCUT2D eigenvalue weighted by atomic mass is 28.4. The van der Waals surface area contributed by atoms with Crippen molar-refractivity contribution in [1.29, 1.82) is 0 Å². The lowest BCUT2D eigenvalue weighted by atomic mass is 10.0. The molecular formula is C16H32O4Si. The predicted molar refractivity (Wildman–Crippen MR) is 87.8 cm³/mol. The van der Waals surface area contributed by atoms with Crippen LogP contribution in [-0.2, 0) is 18.8 Å². The fraction of sp³-hybridized carbons (Fsp3) is 0.875. The van der Waals surface area contributed by atoms with E-state index in [0.29, 0.717) is 13.0 Å². The summed E-state index contributed by atoms with van der Waals surface area (Å²) in [6.07, 6.45) is 0.546. The number of esters is 1. The summed E-state index contributed by atoms with van der Waals surface area (Å²) in [7, 11) is -1.80. The number of hydrogen-bond donors (Lipinski definition) is 0. The van der Waals surface area contributed by atoms with Crippen LogP contribution in [0.25, 0.3) is 0 Å². The molecule has 0 radical (unpaired) electrons. The number of ether oxygens (including phenoxy) is 1. The van der Waals surface area contributed by atoms with Gasteiger partial charge in [-0.3, -0.25) is 4.79 Å². The molecule has 0 amide bonds. The van der Waals surface area contributed by atoms with Crippen LogP contribution in [-0.4, -0.2) is 32.3 Å². The van der Waals surface area contributed by atoms with E-state index in [1.165, 1.54) is 0 Å². The molecule has 0 aromatic carbocycles. The molecule has 0 aliphatic heterocycles. The molecule has 0 fully saturated rings. The second kappa shape index (κ2) is 7.05. The molecular weight excluding hydrogens is 284 g/mol. The van der Waals surface area contributed by atoms with Crippen molar-refractivity contribution >= 4 is 20.1 Å². The van der Waals surface area contributed by atoms with Gasteiger partial charge in [0.25, 0.3) is 0 Å². The zero-order chi connectivity index (χ0) is 17.1. The Labute approximate surface area is 130 Å². The van der Waals surface area contributed by atoms with Gasteiger partial charge in [0.2, 0.25) is 5.78 Å². The quantitative estimate of drug-likeness (QED) is 0.423. The highest BCUT2D eigenvalue weighted by molar-refractivity contribution is 6.74. The second-order valence-electron chi connectivity index (χ2n) is 8.16. The Kier molecular flexibility index (Phi) is 6.82. The van der Waals surface area contributed by atoms with Crippen LogP contribution < -0.4 is 0 Å². The van der Waals surface area contributed by atoms with E-state index in [9.17, 15) is 9.59 Å². The highest BCUT2D eigenvalue weighted by Crippen LogP contribution is 2.36. The number of rotatable bonds is 6. The minimum Gasteiger partial charge on any atom is -0.454 e. The van der Waals surface area contributed by atoms with Crippen LogP contribution >= 0.6 is 0 Å². The minimum absolute atomic E-state index is 0.144. The lowest BCUT2D eigenvalue weighted by molar-refractivity contribution is -0.164. The molecule has 0 aliphatic carbocycles. The van der Waals surface area contributed by atoms with Crippen LogP contribution in [0.15, 0.2) is 0 Å². The van der Waals surface area contributed by atoms with Gasteiger partial charge in [0.05, 0.1) is 0 Å². The van der Waals surface area contributed by atoms with Crippen LogP contribution in [0, 0.1) is 5.92 Å². The Morgan fingerprint density at radius 2 is 1.52 bits per heavy atom. The summed E-state index contributed by atoms with van der Waals surface area (Å²) in [5, 5.41) is 0.144. The standard InChI is InChI=1S/C16H32O4Si/c1-12(13(17)14(18)20-15(2,3)4)10-11-19-21(8,9)16(5,6)7/h12H,10-11H2,1-9H3/t12-/m1/s1. The fourth-order valence-corrected chi connectivity index (χ4v) is 2.43. The van der Waals surface area contributed by atoms with Gasteiger partial charge in [-0.05, 0) is 45.3 Å². The maximum absolute atomic E-state index is 12.0. The monoisotopic (exact) mass is 316 g/mol. The predicted octanol–water partition coefficient (Wildman–Crippen LogP) is 3.95. The molecule has 0 N–H and O–H groups in total. The van der Waals surface area contributed by atoms with E-state index < -0.39 is 25.7 Å². The zero-order valence-corrected chi connectivity index (χ0v) is 16.1. The molecule has 0 aromatic rings. The Morgan fingerprint density at radius 3 is 1.90 bits per heavy atom. The summed E-state index contributed by atoms with van der Waals surface area (Å²) < 4.78 is 11.1. The van der Waals surface area contributed by atoms with Crippen LogP contribution in [0.4, 0.5) is 0 Å². The third-order valence-corrected chi connectivity index (χ3v) is 8.41. The Balaban J connectivity index is 4.36. The SMILES string of the molecule is C[C@H](CCO[Si](C)(C)C(C)(C)C)C(=O)C(=O)OC(C)(C)C. The van der Waals surface area contributed by atoms with Gasteiger partial charge in [0.1, 0.15) is 5.60 Å². The van der Waals surface area contributed by atoms with Gasteiger partial charge in [-0.25, -0.2) is 4.79 Å². The number of carbonyl (C=O) groups excluding carboxylic acids is 2. The van der Waals surface area contributed by atoms with Crippen LogP contribution in [0.5, 0.6) is 0 Å². The van der Waals surface area contributed by atoms with Crippen LogP contribution in [0.1, 0.15) is 54.9 Å². The lowest BCUT2D eigenvalue weighted by Crippen LogP contribution is -2.41. The number of carbonyl (C=O) groups is 2. The largest absolute Gasteiger partial charge is 0.454 e. The molecule has 4 nitrogen and oxygen atoms in total. The van der Waals surface area contributed by atoms with Gasteiger partial charge in [-0.15, -0.1) is 0 Å². The maximum atomic E-state index is 12.0. The van der Waals surface area contributed by atoms with Crippen molar-refractivity contribution in [3.05, 3.63) is 0 Å². The van der Waals surface area contributed by atoms with E-state index >= 15 is 0 Å². The van der Waals surface area contributed by atoms with E-state index in [1.54, 1.807) is 27.7 Å². The molecule has 0 rings (SSSR count). The number of ketones is 1. The van der Waals surface area contributed by atoms with Crippen LogP contribution in [0.2, 0.25) is 18.1 Å². The second-order valence-corrected chi connectivity index (χ2v) is 13.0. The Hall–Kier alpha value is -0.683. The summed E-state index contributed by atoms with van der Waals surface area (Å²) >= 11 is 0. The molecule has 21 heavy (non-hydrogen) atoms. The average molecular weight is 317 g/mol. The minimum atomic E-state index is -1.80. The summed E-state index contributed by atoms with van der Waals surface area (Å²) in [6, 6.07) is 0. The third kappa shape index (κ3) is 7.22. The summed E-state index contributed by atoms with van der Waals surface area (Å²) in [5.74, 6) is -1.59. The summed E-state index contributed by atoms with van der Waals surface area (Å²) in [5.41, 5.74) is -0.635. The first-order valence-corrected chi connectivity index (χ1v) is 10.5. The van der Waals surface area contributed by atoms with Crippen LogP contribution in [0.3, 0.4) is 0 Å². The van der Waals surface area contributed by atoms with E-state index in [2.05, 4.69) is 33.9 Å². The van der Waals surface area contributed by atoms with Crippen molar-refractivity contribution in [2.24, 2.45) is 5.92 Å². The van der Waals surface area contributed by atoms with Gasteiger partial charge < -0.3 is 9.16 Å². The summed E-state index contributed by atoms with van der Waals surface area (Å²) in [6.45, 7) is 18.4.